The molecule has 5 nitrogen and oxygen atoms in total. The van der Waals surface area contributed by atoms with E-state index in [1.807, 2.05) is 12.1 Å². The van der Waals surface area contributed by atoms with Gasteiger partial charge < -0.3 is 14.9 Å². The van der Waals surface area contributed by atoms with Crippen LogP contribution >= 0.6 is 50.7 Å². The van der Waals surface area contributed by atoms with Crippen LogP contribution in [-0.2, 0) is 6.61 Å². The van der Waals surface area contributed by atoms with E-state index in [1.165, 1.54) is 0 Å². The van der Waals surface area contributed by atoms with E-state index < -0.39 is 0 Å². The van der Waals surface area contributed by atoms with Crippen molar-refractivity contribution in [2.75, 3.05) is 5.73 Å². The normalized spacial score (nSPS) is 11.2. The van der Waals surface area contributed by atoms with Gasteiger partial charge in [0.2, 0.25) is 5.89 Å². The number of rotatable bonds is 5. The number of nitrogens with two attached hydrogens (primary N) is 1. The van der Waals surface area contributed by atoms with Crippen LogP contribution in [-0.4, -0.2) is 10.2 Å². The molecule has 26 heavy (non-hydrogen) atoms. The highest BCUT2D eigenvalue weighted by molar-refractivity contribution is 9.10. The van der Waals surface area contributed by atoms with Crippen molar-refractivity contribution in [2.24, 2.45) is 0 Å². The molecular formula is C17H11BrCl3N3O2. The molecule has 2 N–H and O–H groups in total. The third kappa shape index (κ3) is 4.71. The fourth-order valence-corrected chi connectivity index (χ4v) is 3.39. The first-order valence-corrected chi connectivity index (χ1v) is 9.18. The van der Waals surface area contributed by atoms with Crippen molar-refractivity contribution in [1.29, 1.82) is 0 Å². The summed E-state index contributed by atoms with van der Waals surface area (Å²) in [5, 5.41) is 8.75. The van der Waals surface area contributed by atoms with Gasteiger partial charge in [0.1, 0.15) is 6.61 Å². The Balaban J connectivity index is 1.74. The third-order valence-electron chi connectivity index (χ3n) is 3.26. The monoisotopic (exact) mass is 473 g/mol. The molecule has 0 bridgehead atoms. The molecule has 2 aromatic carbocycles. The molecule has 0 saturated heterocycles. The zero-order valence-corrected chi connectivity index (χ0v) is 16.9. The standard InChI is InChI=1S/C17H11BrCl3N3O2/c18-11-5-9(2-4-15-23-24-17(22)26-15)6-14(21)16(11)25-8-10-1-3-12(19)13(20)7-10/h1-7H,8H2,(H2,22,24)/b4-2+. The number of hydrogen-bond donors (Lipinski definition) is 1. The summed E-state index contributed by atoms with van der Waals surface area (Å²) in [6.07, 6.45) is 3.41. The van der Waals surface area contributed by atoms with E-state index in [1.54, 1.807) is 30.4 Å². The fraction of sp³-hybridized carbons (Fsp3) is 0.0588. The third-order valence-corrected chi connectivity index (χ3v) is 4.87. The van der Waals surface area contributed by atoms with Crippen molar-refractivity contribution < 1.29 is 9.15 Å². The Morgan fingerprint density at radius 2 is 1.85 bits per heavy atom. The Bertz CT molecular complexity index is 953. The smallest absolute Gasteiger partial charge is 0.313 e. The van der Waals surface area contributed by atoms with Crippen LogP contribution in [0.3, 0.4) is 0 Å². The second-order valence-corrected chi connectivity index (χ2v) is 7.24. The van der Waals surface area contributed by atoms with Gasteiger partial charge in [0.25, 0.3) is 0 Å². The Morgan fingerprint density at radius 1 is 1.04 bits per heavy atom. The minimum absolute atomic E-state index is 0.00918. The van der Waals surface area contributed by atoms with E-state index in [0.29, 0.717) is 37.8 Å². The molecule has 1 aromatic heterocycles. The average molecular weight is 476 g/mol. The molecule has 0 spiro atoms. The second kappa shape index (κ2) is 8.31. The van der Waals surface area contributed by atoms with Crippen LogP contribution in [0.25, 0.3) is 12.2 Å². The predicted molar refractivity (Wildman–Crippen MR) is 108 cm³/mol. The molecule has 0 atom stereocenters. The highest BCUT2D eigenvalue weighted by Crippen LogP contribution is 2.36. The van der Waals surface area contributed by atoms with Gasteiger partial charge in [0, 0.05) is 6.08 Å². The van der Waals surface area contributed by atoms with Gasteiger partial charge in [-0.3, -0.25) is 0 Å². The number of anilines is 1. The molecule has 3 aromatic rings. The van der Waals surface area contributed by atoms with E-state index in [0.717, 1.165) is 11.1 Å². The first-order valence-electron chi connectivity index (χ1n) is 7.25. The fourth-order valence-electron chi connectivity index (χ4n) is 2.08. The molecule has 0 aliphatic rings. The summed E-state index contributed by atoms with van der Waals surface area (Å²) in [5.41, 5.74) is 7.07. The van der Waals surface area contributed by atoms with Gasteiger partial charge in [0.15, 0.2) is 5.75 Å². The zero-order chi connectivity index (χ0) is 18.7. The minimum Gasteiger partial charge on any atom is -0.486 e. The molecule has 0 fully saturated rings. The van der Waals surface area contributed by atoms with Crippen molar-refractivity contribution >= 4 is 68.9 Å². The van der Waals surface area contributed by atoms with Crippen LogP contribution in [0.1, 0.15) is 17.0 Å². The van der Waals surface area contributed by atoms with Crippen molar-refractivity contribution in [1.82, 2.24) is 10.2 Å². The summed E-state index contributed by atoms with van der Waals surface area (Å²) < 4.78 is 11.6. The van der Waals surface area contributed by atoms with Crippen LogP contribution in [0.4, 0.5) is 6.01 Å². The summed E-state index contributed by atoms with van der Waals surface area (Å²) >= 11 is 21.7. The Labute approximate surface area is 172 Å². The van der Waals surface area contributed by atoms with E-state index in [-0.39, 0.29) is 6.01 Å². The lowest BCUT2D eigenvalue weighted by Gasteiger charge is -2.11. The van der Waals surface area contributed by atoms with Gasteiger partial charge in [-0.2, -0.15) is 0 Å². The van der Waals surface area contributed by atoms with Crippen LogP contribution < -0.4 is 10.5 Å². The Morgan fingerprint density at radius 3 is 2.50 bits per heavy atom. The number of nitrogen functional groups attached to an aromatic ring is 1. The average Bonchev–Trinajstić information content (AvgIpc) is 3.01. The van der Waals surface area contributed by atoms with Gasteiger partial charge in [-0.1, -0.05) is 46.0 Å². The zero-order valence-electron chi connectivity index (χ0n) is 13.0. The number of halogens is 4. The highest BCUT2D eigenvalue weighted by atomic mass is 79.9. The molecule has 134 valence electrons. The van der Waals surface area contributed by atoms with Crippen molar-refractivity contribution in [3.63, 3.8) is 0 Å². The topological polar surface area (TPSA) is 74.2 Å². The molecule has 0 radical (unpaired) electrons. The summed E-state index contributed by atoms with van der Waals surface area (Å²) in [6.45, 7) is 0.297. The van der Waals surface area contributed by atoms with Crippen molar-refractivity contribution in [3.8, 4) is 5.75 Å². The van der Waals surface area contributed by atoms with Gasteiger partial charge in [-0.05, 0) is 57.4 Å². The van der Waals surface area contributed by atoms with Gasteiger partial charge >= 0.3 is 6.01 Å². The molecule has 0 saturated carbocycles. The van der Waals surface area contributed by atoms with Gasteiger partial charge in [-0.15, -0.1) is 5.10 Å². The van der Waals surface area contributed by atoms with Gasteiger partial charge in [0.05, 0.1) is 19.5 Å². The van der Waals surface area contributed by atoms with Crippen LogP contribution in [0.15, 0.2) is 39.2 Å². The lowest BCUT2D eigenvalue weighted by Crippen LogP contribution is -1.97. The number of nitrogens with zero attached hydrogens (tertiary/aromatic N) is 2. The maximum absolute atomic E-state index is 6.34. The number of ether oxygens (including phenoxy) is 1. The Hall–Kier alpha value is -1.73. The summed E-state index contributed by atoms with van der Waals surface area (Å²) in [4.78, 5) is 0. The predicted octanol–water partition coefficient (Wildman–Crippen LogP) is 6.12. The highest BCUT2D eigenvalue weighted by Gasteiger charge is 2.10. The maximum Gasteiger partial charge on any atom is 0.313 e. The SMILES string of the molecule is Nc1nnc(/C=C/c2cc(Cl)c(OCc3ccc(Cl)c(Cl)c3)c(Br)c2)o1. The van der Waals surface area contributed by atoms with Crippen LogP contribution in [0, 0.1) is 0 Å². The summed E-state index contributed by atoms with van der Waals surface area (Å²) in [6, 6.07) is 8.92. The van der Waals surface area contributed by atoms with Crippen molar-refractivity contribution in [2.45, 2.75) is 6.61 Å². The lowest BCUT2D eigenvalue weighted by atomic mass is 10.2. The largest absolute Gasteiger partial charge is 0.486 e. The molecular weight excluding hydrogens is 464 g/mol. The number of hydrogen-bond acceptors (Lipinski definition) is 5. The molecule has 0 aliphatic carbocycles. The Kier molecular flexibility index (Phi) is 6.09. The maximum atomic E-state index is 6.34. The van der Waals surface area contributed by atoms with E-state index in [2.05, 4.69) is 26.1 Å². The van der Waals surface area contributed by atoms with Crippen molar-refractivity contribution in [3.05, 3.63) is 66.9 Å². The molecule has 0 unspecified atom stereocenters. The van der Waals surface area contributed by atoms with E-state index in [4.69, 9.17) is 49.7 Å². The molecule has 0 amide bonds. The van der Waals surface area contributed by atoms with Crippen LogP contribution in [0.2, 0.25) is 15.1 Å². The van der Waals surface area contributed by atoms with E-state index in [9.17, 15) is 0 Å². The molecule has 9 heteroatoms. The number of benzene rings is 2. The minimum atomic E-state index is 0.00918. The first kappa shape index (κ1) is 19.0. The molecule has 3 rings (SSSR count). The lowest BCUT2D eigenvalue weighted by molar-refractivity contribution is 0.304. The molecule has 1 heterocycles. The van der Waals surface area contributed by atoms with Crippen LogP contribution in [0.5, 0.6) is 5.75 Å². The van der Waals surface area contributed by atoms with E-state index >= 15 is 0 Å². The first-order chi connectivity index (χ1) is 12.4. The number of aromatic nitrogens is 2. The second-order valence-electron chi connectivity index (χ2n) is 5.16. The quantitative estimate of drug-likeness (QED) is 0.481. The molecule has 0 aliphatic heterocycles. The summed E-state index contributed by atoms with van der Waals surface area (Å²) in [5.74, 6) is 0.826. The summed E-state index contributed by atoms with van der Waals surface area (Å²) in [7, 11) is 0. The van der Waals surface area contributed by atoms with Gasteiger partial charge in [-0.25, -0.2) is 0 Å².